The molecule has 2 unspecified atom stereocenters. The first-order valence-corrected chi connectivity index (χ1v) is 5.98. The van der Waals surface area contributed by atoms with Crippen LogP contribution in [0.1, 0.15) is 30.9 Å². The molecule has 1 aromatic rings. The van der Waals surface area contributed by atoms with Crippen LogP contribution in [0, 0.1) is 11.8 Å². The van der Waals surface area contributed by atoms with Crippen molar-refractivity contribution in [3.8, 4) is 0 Å². The summed E-state index contributed by atoms with van der Waals surface area (Å²) in [5.74, 6) is 0.472. The number of aliphatic hydroxyl groups is 1. The molecule has 0 saturated heterocycles. The molecule has 1 saturated carbocycles. The van der Waals surface area contributed by atoms with Crippen LogP contribution in [0.4, 0.5) is 0 Å². The minimum atomic E-state index is -1.19. The topological polar surface area (TPSA) is 37.3 Å². The minimum absolute atomic E-state index is 0.0219. The van der Waals surface area contributed by atoms with Crippen LogP contribution in [0.15, 0.2) is 24.3 Å². The number of carbonyl (C=O) groups excluding carboxylic acids is 1. The zero-order chi connectivity index (χ0) is 11.3. The van der Waals surface area contributed by atoms with Crippen LogP contribution in [0.3, 0.4) is 0 Å². The number of Topliss-reactive ketones (excluding diaryl/α,β-unsaturated/α-hetero) is 1. The predicted octanol–water partition coefficient (Wildman–Crippen LogP) is 2.05. The second-order valence-corrected chi connectivity index (χ2v) is 5.21. The van der Waals surface area contributed by atoms with Gasteiger partial charge in [0, 0.05) is 5.92 Å². The number of hydrogen-bond donors (Lipinski definition) is 1. The first kappa shape index (κ1) is 10.0. The molecule has 0 amide bonds. The van der Waals surface area contributed by atoms with Crippen molar-refractivity contribution in [2.24, 2.45) is 11.8 Å². The third-order valence-corrected chi connectivity index (χ3v) is 4.30. The summed E-state index contributed by atoms with van der Waals surface area (Å²) in [6.07, 6.45) is 2.33. The Labute approximate surface area is 95.3 Å². The van der Waals surface area contributed by atoms with E-state index in [1.165, 1.54) is 0 Å². The Morgan fingerprint density at radius 2 is 2.12 bits per heavy atom. The standard InChI is InChI=1S/C14H16O2/c1-9-6-7-14(16)12-5-3-2-4-10(12)8-11(9)13(14)15/h2-5,9,11,16H,6-8H2,1H3/t9-,11?,14?/m1/s1. The first-order valence-electron chi connectivity index (χ1n) is 5.98. The maximum absolute atomic E-state index is 12.3. The average Bonchev–Trinajstić information content (AvgIpc) is 2.29. The Hall–Kier alpha value is -1.15. The quantitative estimate of drug-likeness (QED) is 0.720. The van der Waals surface area contributed by atoms with E-state index in [0.29, 0.717) is 12.3 Å². The van der Waals surface area contributed by atoms with Gasteiger partial charge < -0.3 is 5.11 Å². The molecule has 1 N–H and O–H groups in total. The summed E-state index contributed by atoms with van der Waals surface area (Å²) in [6, 6.07) is 7.83. The molecule has 2 aliphatic carbocycles. The molecule has 0 spiro atoms. The lowest BCUT2D eigenvalue weighted by Gasteiger charge is -2.44. The van der Waals surface area contributed by atoms with E-state index in [-0.39, 0.29) is 11.7 Å². The van der Waals surface area contributed by atoms with Gasteiger partial charge in [-0.1, -0.05) is 31.2 Å². The van der Waals surface area contributed by atoms with E-state index in [9.17, 15) is 9.90 Å². The zero-order valence-electron chi connectivity index (χ0n) is 9.44. The molecule has 2 bridgehead atoms. The number of rotatable bonds is 0. The molecule has 0 aliphatic heterocycles. The lowest BCUT2D eigenvalue weighted by molar-refractivity contribution is -0.152. The summed E-state index contributed by atoms with van der Waals surface area (Å²) >= 11 is 0. The van der Waals surface area contributed by atoms with Crippen molar-refractivity contribution in [3.63, 3.8) is 0 Å². The van der Waals surface area contributed by atoms with Crippen LogP contribution in [-0.4, -0.2) is 10.9 Å². The molecule has 16 heavy (non-hydrogen) atoms. The zero-order valence-corrected chi connectivity index (χ0v) is 9.44. The lowest BCUT2D eigenvalue weighted by atomic mass is 9.62. The highest BCUT2D eigenvalue weighted by atomic mass is 16.3. The van der Waals surface area contributed by atoms with E-state index in [1.54, 1.807) is 0 Å². The third kappa shape index (κ3) is 1.14. The van der Waals surface area contributed by atoms with Crippen molar-refractivity contribution in [2.75, 3.05) is 0 Å². The molecular weight excluding hydrogens is 200 g/mol. The number of carbonyl (C=O) groups is 1. The second-order valence-electron chi connectivity index (χ2n) is 5.21. The Morgan fingerprint density at radius 3 is 2.94 bits per heavy atom. The van der Waals surface area contributed by atoms with E-state index in [4.69, 9.17) is 0 Å². The van der Waals surface area contributed by atoms with Gasteiger partial charge in [-0.05, 0) is 36.3 Å². The molecule has 2 aliphatic rings. The number of hydrogen-bond acceptors (Lipinski definition) is 2. The predicted molar refractivity (Wildman–Crippen MR) is 60.9 cm³/mol. The van der Waals surface area contributed by atoms with Crippen LogP contribution in [0.25, 0.3) is 0 Å². The molecular formula is C14H16O2. The number of ketones is 1. The molecule has 1 fully saturated rings. The third-order valence-electron chi connectivity index (χ3n) is 4.30. The van der Waals surface area contributed by atoms with Crippen molar-refractivity contribution >= 4 is 5.78 Å². The second kappa shape index (κ2) is 3.17. The molecule has 0 aromatic heterocycles. The number of fused-ring (bicyclic) bond motifs is 4. The van der Waals surface area contributed by atoms with Gasteiger partial charge in [-0.25, -0.2) is 0 Å². The van der Waals surface area contributed by atoms with Crippen LogP contribution < -0.4 is 0 Å². The highest BCUT2D eigenvalue weighted by Gasteiger charge is 2.51. The Morgan fingerprint density at radius 1 is 1.38 bits per heavy atom. The van der Waals surface area contributed by atoms with Gasteiger partial charge in [0.2, 0.25) is 0 Å². The van der Waals surface area contributed by atoms with E-state index < -0.39 is 5.60 Å². The number of benzene rings is 1. The van der Waals surface area contributed by atoms with Crippen molar-refractivity contribution in [3.05, 3.63) is 35.4 Å². The smallest absolute Gasteiger partial charge is 0.172 e. The van der Waals surface area contributed by atoms with E-state index in [2.05, 4.69) is 6.92 Å². The molecule has 84 valence electrons. The maximum atomic E-state index is 12.3. The van der Waals surface area contributed by atoms with Crippen molar-refractivity contribution in [1.82, 2.24) is 0 Å². The summed E-state index contributed by atoms with van der Waals surface area (Å²) in [5.41, 5.74) is 0.816. The Balaban J connectivity index is 2.19. The molecule has 3 atom stereocenters. The fourth-order valence-corrected chi connectivity index (χ4v) is 3.23. The average molecular weight is 216 g/mol. The minimum Gasteiger partial charge on any atom is -0.377 e. The van der Waals surface area contributed by atoms with Crippen LogP contribution in [-0.2, 0) is 16.8 Å². The first-order chi connectivity index (χ1) is 7.63. The highest BCUT2D eigenvalue weighted by Crippen LogP contribution is 2.46. The van der Waals surface area contributed by atoms with Crippen LogP contribution in [0.2, 0.25) is 0 Å². The largest absolute Gasteiger partial charge is 0.377 e. The van der Waals surface area contributed by atoms with Gasteiger partial charge in [-0.15, -0.1) is 0 Å². The molecule has 2 nitrogen and oxygen atoms in total. The van der Waals surface area contributed by atoms with Gasteiger partial charge in [0.05, 0.1) is 0 Å². The fourth-order valence-electron chi connectivity index (χ4n) is 3.23. The van der Waals surface area contributed by atoms with Gasteiger partial charge in [-0.3, -0.25) is 4.79 Å². The van der Waals surface area contributed by atoms with E-state index in [0.717, 1.165) is 24.0 Å². The molecule has 1 aromatic carbocycles. The van der Waals surface area contributed by atoms with Gasteiger partial charge >= 0.3 is 0 Å². The van der Waals surface area contributed by atoms with Gasteiger partial charge in [-0.2, -0.15) is 0 Å². The SMILES string of the molecule is C[C@@H]1CCC2(O)C(=O)C1Cc1ccccc12. The maximum Gasteiger partial charge on any atom is 0.172 e. The molecule has 3 rings (SSSR count). The molecule has 2 heteroatoms. The van der Waals surface area contributed by atoms with E-state index in [1.807, 2.05) is 24.3 Å². The normalized spacial score (nSPS) is 37.0. The lowest BCUT2D eigenvalue weighted by Crippen LogP contribution is -2.50. The van der Waals surface area contributed by atoms with Crippen LogP contribution >= 0.6 is 0 Å². The monoisotopic (exact) mass is 216 g/mol. The van der Waals surface area contributed by atoms with Crippen molar-refractivity contribution in [1.29, 1.82) is 0 Å². The fraction of sp³-hybridized carbons (Fsp3) is 0.500. The van der Waals surface area contributed by atoms with Gasteiger partial charge in [0.1, 0.15) is 5.60 Å². The van der Waals surface area contributed by atoms with Crippen molar-refractivity contribution < 1.29 is 9.90 Å². The molecule has 0 heterocycles. The summed E-state index contributed by atoms with van der Waals surface area (Å²) in [5, 5.41) is 10.6. The highest BCUT2D eigenvalue weighted by molar-refractivity contribution is 5.93. The van der Waals surface area contributed by atoms with E-state index >= 15 is 0 Å². The van der Waals surface area contributed by atoms with Gasteiger partial charge in [0.15, 0.2) is 5.78 Å². The summed E-state index contributed by atoms with van der Waals surface area (Å²) in [6.45, 7) is 2.12. The van der Waals surface area contributed by atoms with Crippen LogP contribution in [0.5, 0.6) is 0 Å². The Bertz CT molecular complexity index is 452. The molecule has 0 radical (unpaired) electrons. The van der Waals surface area contributed by atoms with Crippen molar-refractivity contribution in [2.45, 2.75) is 31.8 Å². The summed E-state index contributed by atoms with van der Waals surface area (Å²) < 4.78 is 0. The summed E-state index contributed by atoms with van der Waals surface area (Å²) in [4.78, 5) is 12.3. The summed E-state index contributed by atoms with van der Waals surface area (Å²) in [7, 11) is 0. The van der Waals surface area contributed by atoms with Gasteiger partial charge in [0.25, 0.3) is 0 Å². The Kier molecular flexibility index (Phi) is 1.99.